The zero-order valence-corrected chi connectivity index (χ0v) is 20.1. The normalized spacial score (nSPS) is 21.5. The fourth-order valence-corrected chi connectivity index (χ4v) is 7.30. The lowest BCUT2D eigenvalue weighted by atomic mass is 10.1. The van der Waals surface area contributed by atoms with E-state index in [1.54, 1.807) is 20.9 Å². The topological polar surface area (TPSA) is 110 Å². The molecule has 33 heavy (non-hydrogen) atoms. The van der Waals surface area contributed by atoms with Crippen LogP contribution in [0.3, 0.4) is 0 Å². The second kappa shape index (κ2) is 8.99. The van der Waals surface area contributed by atoms with Gasteiger partial charge < -0.3 is 19.5 Å². The second-order valence-electron chi connectivity index (χ2n) is 8.10. The number of sulfonamides is 1. The number of thioether (sulfide) groups is 1. The van der Waals surface area contributed by atoms with E-state index in [1.807, 2.05) is 0 Å². The van der Waals surface area contributed by atoms with E-state index in [4.69, 9.17) is 4.74 Å². The first kappa shape index (κ1) is 23.6. The van der Waals surface area contributed by atoms with Gasteiger partial charge in [-0.25, -0.2) is 22.3 Å². The molecule has 0 radical (unpaired) electrons. The Bertz CT molecular complexity index is 1210. The lowest BCUT2D eigenvalue weighted by Gasteiger charge is -2.22. The molecule has 1 fully saturated rings. The number of likely N-dealkylation sites (tertiary alicyclic amines) is 1. The maximum absolute atomic E-state index is 13.6. The molecule has 0 unspecified atom stereocenters. The van der Waals surface area contributed by atoms with Crippen molar-refractivity contribution >= 4 is 39.5 Å². The SMILES string of the molecule is CCOC(=O)N1C[C@H]2CSc3c(cn(C)c3C(=O)Nc3ccc(F)c(C)c3)S(=O)(=O)N[C@H]2C1. The Hall–Kier alpha value is -2.57. The predicted molar refractivity (Wildman–Crippen MR) is 121 cm³/mol. The Balaban J connectivity index is 1.62. The van der Waals surface area contributed by atoms with E-state index in [1.165, 1.54) is 45.6 Å². The number of nitrogens with zero attached hydrogens (tertiary/aromatic N) is 2. The van der Waals surface area contributed by atoms with E-state index >= 15 is 0 Å². The Kier molecular flexibility index (Phi) is 6.43. The van der Waals surface area contributed by atoms with Crippen LogP contribution in [0.4, 0.5) is 14.9 Å². The number of nitrogens with one attached hydrogen (secondary N) is 2. The number of benzene rings is 1. The zero-order chi connectivity index (χ0) is 23.9. The third-order valence-electron chi connectivity index (χ3n) is 5.74. The lowest BCUT2D eigenvalue weighted by Crippen LogP contribution is -2.42. The molecule has 2 atom stereocenters. The van der Waals surface area contributed by atoms with Gasteiger partial charge in [-0.05, 0) is 37.6 Å². The zero-order valence-electron chi connectivity index (χ0n) is 18.4. The number of fused-ring (bicyclic) bond motifs is 2. The highest BCUT2D eigenvalue weighted by Crippen LogP contribution is 2.38. The van der Waals surface area contributed by atoms with Gasteiger partial charge in [0.1, 0.15) is 16.4 Å². The lowest BCUT2D eigenvalue weighted by molar-refractivity contribution is 0.101. The van der Waals surface area contributed by atoms with Gasteiger partial charge in [-0.1, -0.05) is 0 Å². The molecule has 0 spiro atoms. The first-order chi connectivity index (χ1) is 15.6. The Morgan fingerprint density at radius 1 is 1.33 bits per heavy atom. The molecule has 2 aromatic rings. The average molecular weight is 497 g/mol. The molecule has 4 rings (SSSR count). The van der Waals surface area contributed by atoms with Gasteiger partial charge in [-0.15, -0.1) is 11.8 Å². The van der Waals surface area contributed by atoms with Crippen LogP contribution in [0.1, 0.15) is 23.0 Å². The Morgan fingerprint density at radius 3 is 2.79 bits per heavy atom. The monoisotopic (exact) mass is 496 g/mol. The van der Waals surface area contributed by atoms with Crippen LogP contribution in [0.25, 0.3) is 0 Å². The predicted octanol–water partition coefficient (Wildman–Crippen LogP) is 2.57. The minimum Gasteiger partial charge on any atom is -0.450 e. The van der Waals surface area contributed by atoms with Crippen molar-refractivity contribution in [3.8, 4) is 0 Å². The number of hydrogen-bond acceptors (Lipinski definition) is 6. The molecule has 2 N–H and O–H groups in total. The molecule has 178 valence electrons. The number of aryl methyl sites for hydroxylation is 2. The quantitative estimate of drug-likeness (QED) is 0.676. The largest absolute Gasteiger partial charge is 0.450 e. The van der Waals surface area contributed by atoms with E-state index in [0.717, 1.165) is 0 Å². The van der Waals surface area contributed by atoms with Crippen LogP contribution >= 0.6 is 11.8 Å². The van der Waals surface area contributed by atoms with E-state index < -0.39 is 28.1 Å². The van der Waals surface area contributed by atoms with Gasteiger partial charge in [0, 0.05) is 49.7 Å². The van der Waals surface area contributed by atoms with Crippen molar-refractivity contribution in [1.82, 2.24) is 14.2 Å². The van der Waals surface area contributed by atoms with Crippen molar-refractivity contribution in [2.75, 3.05) is 30.8 Å². The molecule has 0 saturated carbocycles. The van der Waals surface area contributed by atoms with E-state index in [9.17, 15) is 22.4 Å². The van der Waals surface area contributed by atoms with Crippen molar-refractivity contribution in [3.05, 3.63) is 41.5 Å². The highest BCUT2D eigenvalue weighted by molar-refractivity contribution is 8.00. The van der Waals surface area contributed by atoms with Crippen LogP contribution in [0.2, 0.25) is 0 Å². The standard InChI is InChI=1S/C21H25FN4O5S2/c1-4-31-21(28)26-8-13-11-32-19-17(33(29,30)24-16(13)9-26)10-25(3)18(19)20(27)23-14-5-6-15(22)12(2)7-14/h5-7,10,13,16,24H,4,8-9,11H2,1-3H3,(H,23,27)/t13-,16-/m0/s1. The third kappa shape index (κ3) is 4.59. The average Bonchev–Trinajstić information content (AvgIpc) is 3.29. The molecule has 0 aliphatic carbocycles. The summed E-state index contributed by atoms with van der Waals surface area (Å²) in [6.07, 6.45) is 0.940. The molecule has 3 heterocycles. The van der Waals surface area contributed by atoms with Crippen LogP contribution in [0.5, 0.6) is 0 Å². The van der Waals surface area contributed by atoms with Gasteiger partial charge in [-0.2, -0.15) is 0 Å². The van der Waals surface area contributed by atoms with Crippen LogP contribution in [-0.4, -0.2) is 61.4 Å². The van der Waals surface area contributed by atoms with Crippen molar-refractivity contribution in [3.63, 3.8) is 0 Å². The smallest absolute Gasteiger partial charge is 0.409 e. The molecule has 0 bridgehead atoms. The fourth-order valence-electron chi connectivity index (χ4n) is 4.07. The minimum atomic E-state index is -3.94. The summed E-state index contributed by atoms with van der Waals surface area (Å²) in [6.45, 7) is 4.13. The van der Waals surface area contributed by atoms with Crippen LogP contribution < -0.4 is 10.0 Å². The summed E-state index contributed by atoms with van der Waals surface area (Å²) in [5.74, 6) is -0.509. The molecule has 1 saturated heterocycles. The maximum Gasteiger partial charge on any atom is 0.409 e. The van der Waals surface area contributed by atoms with E-state index in [-0.39, 0.29) is 35.5 Å². The molecular weight excluding hydrogens is 471 g/mol. The molecular formula is C21H25FN4O5S2. The van der Waals surface area contributed by atoms with Crippen molar-refractivity contribution in [1.29, 1.82) is 0 Å². The highest BCUT2D eigenvalue weighted by atomic mass is 32.2. The molecule has 1 aromatic heterocycles. The van der Waals surface area contributed by atoms with Crippen molar-refractivity contribution in [2.45, 2.75) is 29.7 Å². The number of halogens is 1. The molecule has 12 heteroatoms. The summed E-state index contributed by atoms with van der Waals surface area (Å²) < 4.78 is 49.2. The number of carbonyl (C=O) groups is 2. The van der Waals surface area contributed by atoms with Gasteiger partial charge in [0.2, 0.25) is 10.0 Å². The summed E-state index contributed by atoms with van der Waals surface area (Å²) in [7, 11) is -2.33. The van der Waals surface area contributed by atoms with E-state index in [0.29, 0.717) is 28.4 Å². The van der Waals surface area contributed by atoms with Crippen molar-refractivity contribution < 1.29 is 27.1 Å². The molecule has 9 nitrogen and oxygen atoms in total. The number of anilines is 1. The van der Waals surface area contributed by atoms with Gasteiger partial charge in [0.25, 0.3) is 5.91 Å². The third-order valence-corrected chi connectivity index (χ3v) is 8.67. The summed E-state index contributed by atoms with van der Waals surface area (Å²) in [5, 5.41) is 2.72. The highest BCUT2D eigenvalue weighted by Gasteiger charge is 2.42. The minimum absolute atomic E-state index is 0.0171. The summed E-state index contributed by atoms with van der Waals surface area (Å²) >= 11 is 1.28. The van der Waals surface area contributed by atoms with Gasteiger partial charge in [0.05, 0.1) is 11.5 Å². The number of aromatic nitrogens is 1. The van der Waals surface area contributed by atoms with Crippen LogP contribution in [-0.2, 0) is 21.8 Å². The maximum atomic E-state index is 13.6. The van der Waals surface area contributed by atoms with Gasteiger partial charge >= 0.3 is 6.09 Å². The number of carbonyl (C=O) groups excluding carboxylic acids is 2. The molecule has 2 aliphatic rings. The fraction of sp³-hybridized carbons (Fsp3) is 0.429. The van der Waals surface area contributed by atoms with Crippen LogP contribution in [0, 0.1) is 18.7 Å². The number of amides is 2. The van der Waals surface area contributed by atoms with Gasteiger partial charge in [0.15, 0.2) is 0 Å². The number of rotatable bonds is 3. The summed E-state index contributed by atoms with van der Waals surface area (Å²) in [5.41, 5.74) is 0.988. The first-order valence-corrected chi connectivity index (χ1v) is 12.9. The summed E-state index contributed by atoms with van der Waals surface area (Å²) in [4.78, 5) is 27.1. The number of ether oxygens (including phenoxy) is 1. The summed E-state index contributed by atoms with van der Waals surface area (Å²) in [6, 6.07) is 3.78. The first-order valence-electron chi connectivity index (χ1n) is 10.4. The Morgan fingerprint density at radius 2 is 2.09 bits per heavy atom. The molecule has 1 aromatic carbocycles. The number of hydrogen-bond donors (Lipinski definition) is 2. The van der Waals surface area contributed by atoms with Crippen LogP contribution in [0.15, 0.2) is 34.2 Å². The van der Waals surface area contributed by atoms with Crippen molar-refractivity contribution in [2.24, 2.45) is 13.0 Å². The second-order valence-corrected chi connectivity index (χ2v) is 10.8. The molecule has 2 aliphatic heterocycles. The molecule has 2 amide bonds. The Labute approximate surface area is 195 Å². The van der Waals surface area contributed by atoms with Gasteiger partial charge in [-0.3, -0.25) is 4.79 Å². The van der Waals surface area contributed by atoms with E-state index in [2.05, 4.69) is 10.0 Å².